The summed E-state index contributed by atoms with van der Waals surface area (Å²) in [5.41, 5.74) is 0. The molecule has 9 nitrogen and oxygen atoms in total. The number of piperidine rings is 3. The van der Waals surface area contributed by atoms with E-state index in [0.717, 1.165) is 60.1 Å². The molecule has 5 rings (SSSR count). The summed E-state index contributed by atoms with van der Waals surface area (Å²) in [6.45, 7) is 41.4. The lowest BCUT2D eigenvalue weighted by atomic mass is 9.98. The molecule has 1 amide bonds. The topological polar surface area (TPSA) is 86.9 Å². The van der Waals surface area contributed by atoms with E-state index in [1.165, 1.54) is 156 Å². The highest BCUT2D eigenvalue weighted by Crippen LogP contribution is 2.23. The van der Waals surface area contributed by atoms with Crippen molar-refractivity contribution in [2.24, 2.45) is 41.4 Å². The van der Waals surface area contributed by atoms with E-state index in [9.17, 15) is 4.79 Å². The largest absolute Gasteiger partial charge is 0.359 e. The molecular weight excluding hydrogens is 729 g/mol. The molecular formula is C50H106N8O. The van der Waals surface area contributed by atoms with Crippen LogP contribution in [0.25, 0.3) is 0 Å². The van der Waals surface area contributed by atoms with Gasteiger partial charge in [-0.25, -0.2) is 0 Å². The second-order valence-electron chi connectivity index (χ2n) is 21.2. The monoisotopic (exact) mass is 835 g/mol. The lowest BCUT2D eigenvalue weighted by Gasteiger charge is -2.31. The molecule has 352 valence electrons. The molecule has 5 aliphatic heterocycles. The van der Waals surface area contributed by atoms with Crippen molar-refractivity contribution in [1.82, 2.24) is 41.3 Å². The minimum atomic E-state index is 0.142. The first-order chi connectivity index (χ1) is 28.1. The zero-order valence-electron chi connectivity index (χ0n) is 41.9. The highest BCUT2D eigenvalue weighted by atomic mass is 16.1. The number of likely N-dealkylation sites (tertiary alicyclic amines) is 2. The fourth-order valence-corrected chi connectivity index (χ4v) is 8.29. The number of piperazine rings is 1. The summed E-state index contributed by atoms with van der Waals surface area (Å²) in [5, 5.41) is 16.5. The number of nitrogens with one attached hydrogen (secondary N) is 5. The summed E-state index contributed by atoms with van der Waals surface area (Å²) >= 11 is 0. The Hall–Kier alpha value is -0.810. The Bertz CT molecular complexity index is 957. The van der Waals surface area contributed by atoms with Gasteiger partial charge in [0.25, 0.3) is 0 Å². The van der Waals surface area contributed by atoms with Crippen molar-refractivity contribution in [3.05, 3.63) is 0 Å². The summed E-state index contributed by atoms with van der Waals surface area (Å²) < 4.78 is 0. The van der Waals surface area contributed by atoms with Crippen LogP contribution in [0.5, 0.6) is 0 Å². The minimum absolute atomic E-state index is 0.142. The lowest BCUT2D eigenvalue weighted by molar-refractivity contribution is -0.120. The Morgan fingerprint density at radius 3 is 1.75 bits per heavy atom. The summed E-state index contributed by atoms with van der Waals surface area (Å²) in [6.07, 6.45) is 16.6. The van der Waals surface area contributed by atoms with Gasteiger partial charge in [0.15, 0.2) is 0 Å². The number of rotatable bonds is 18. The van der Waals surface area contributed by atoms with Gasteiger partial charge in [-0.05, 0) is 198 Å². The van der Waals surface area contributed by atoms with E-state index < -0.39 is 0 Å². The summed E-state index contributed by atoms with van der Waals surface area (Å²) in [4.78, 5) is 18.4. The van der Waals surface area contributed by atoms with Crippen LogP contribution in [0, 0.1) is 41.4 Å². The number of hydrogen-bond donors (Lipinski definition) is 5. The van der Waals surface area contributed by atoms with Crippen molar-refractivity contribution >= 4 is 5.91 Å². The number of hydrogen-bond acceptors (Lipinski definition) is 8. The third-order valence-corrected chi connectivity index (χ3v) is 13.1. The zero-order valence-corrected chi connectivity index (χ0v) is 41.9. The third-order valence-electron chi connectivity index (χ3n) is 13.1. The lowest BCUT2D eigenvalue weighted by Crippen LogP contribution is -2.44. The fraction of sp³-hybridized carbons (Fsp3) is 0.980. The predicted molar refractivity (Wildman–Crippen MR) is 260 cm³/mol. The van der Waals surface area contributed by atoms with Crippen LogP contribution >= 0.6 is 0 Å². The summed E-state index contributed by atoms with van der Waals surface area (Å²) in [7, 11) is 3.95. The van der Waals surface area contributed by atoms with Crippen molar-refractivity contribution in [2.75, 3.05) is 99.2 Å². The normalized spacial score (nSPS) is 21.9. The van der Waals surface area contributed by atoms with E-state index in [1.54, 1.807) is 7.05 Å². The number of carbonyl (C=O) groups is 1. The molecule has 5 aliphatic rings. The van der Waals surface area contributed by atoms with E-state index in [1.807, 2.05) is 0 Å². The Morgan fingerprint density at radius 1 is 0.712 bits per heavy atom. The fourth-order valence-electron chi connectivity index (χ4n) is 8.29. The maximum Gasteiger partial charge on any atom is 0.219 e. The van der Waals surface area contributed by atoms with Gasteiger partial charge >= 0.3 is 0 Å². The first kappa shape index (κ1) is 56.2. The summed E-state index contributed by atoms with van der Waals surface area (Å²) in [5.74, 6) is 6.06. The van der Waals surface area contributed by atoms with Crippen LogP contribution < -0.4 is 26.6 Å². The Morgan fingerprint density at radius 2 is 1.25 bits per heavy atom. The van der Waals surface area contributed by atoms with Crippen molar-refractivity contribution < 1.29 is 4.79 Å². The molecule has 0 aromatic heterocycles. The van der Waals surface area contributed by atoms with Crippen LogP contribution in [0.3, 0.4) is 0 Å². The van der Waals surface area contributed by atoms with Gasteiger partial charge in [0.1, 0.15) is 0 Å². The number of nitrogens with zero attached hydrogens (tertiary/aromatic N) is 3. The number of carbonyl (C=O) groups excluding carboxylic acids is 1. The smallest absolute Gasteiger partial charge is 0.219 e. The molecule has 0 aromatic rings. The molecule has 2 atom stereocenters. The molecule has 2 bridgehead atoms. The average molecular weight is 835 g/mol. The highest BCUT2D eigenvalue weighted by Gasteiger charge is 2.36. The van der Waals surface area contributed by atoms with Gasteiger partial charge < -0.3 is 36.4 Å². The molecule has 59 heavy (non-hydrogen) atoms. The molecule has 0 aliphatic carbocycles. The maximum absolute atomic E-state index is 10.6. The van der Waals surface area contributed by atoms with E-state index >= 15 is 0 Å². The minimum Gasteiger partial charge on any atom is -0.359 e. The number of fused-ring (bicyclic) bond motifs is 2. The molecule has 0 aromatic carbocycles. The number of amides is 1. The molecule has 5 N–H and O–H groups in total. The van der Waals surface area contributed by atoms with Crippen LogP contribution in [0.4, 0.5) is 0 Å². The SMILES string of the molecule is CC(C)CCN(C)C1CCNCC1.CC(C)CCN1CCC(C)CC1.CC(C)CCN1C[C@@H]2C[C@H]1CN2.CC(C)CCNCC1CCNCC1.CNC(=O)CCC(C)C. The second kappa shape index (κ2) is 34.6. The van der Waals surface area contributed by atoms with Crippen molar-refractivity contribution in [3.8, 4) is 0 Å². The van der Waals surface area contributed by atoms with E-state index in [2.05, 4.69) is 124 Å². The van der Waals surface area contributed by atoms with Gasteiger partial charge in [-0.3, -0.25) is 9.69 Å². The Kier molecular flexibility index (Phi) is 33.0. The van der Waals surface area contributed by atoms with E-state index in [4.69, 9.17) is 0 Å². The van der Waals surface area contributed by atoms with Crippen LogP contribution in [0.2, 0.25) is 0 Å². The van der Waals surface area contributed by atoms with Gasteiger partial charge in [0.05, 0.1) is 0 Å². The van der Waals surface area contributed by atoms with Crippen LogP contribution in [-0.2, 0) is 4.79 Å². The van der Waals surface area contributed by atoms with Crippen LogP contribution in [0.15, 0.2) is 0 Å². The molecule has 0 saturated carbocycles. The average Bonchev–Trinajstić information content (AvgIpc) is 3.85. The first-order valence-electron chi connectivity index (χ1n) is 25.3. The Labute approximate surface area is 369 Å². The van der Waals surface area contributed by atoms with E-state index in [-0.39, 0.29) is 5.91 Å². The molecule has 5 fully saturated rings. The van der Waals surface area contributed by atoms with Gasteiger partial charge in [0, 0.05) is 44.7 Å². The maximum atomic E-state index is 10.6. The molecule has 5 heterocycles. The molecule has 9 heteroatoms. The molecule has 0 unspecified atom stereocenters. The molecule has 5 saturated heterocycles. The van der Waals surface area contributed by atoms with Crippen molar-refractivity contribution in [3.63, 3.8) is 0 Å². The second-order valence-corrected chi connectivity index (χ2v) is 21.2. The van der Waals surface area contributed by atoms with Gasteiger partial charge in [-0.2, -0.15) is 0 Å². The third kappa shape index (κ3) is 30.8. The highest BCUT2D eigenvalue weighted by molar-refractivity contribution is 5.75. The van der Waals surface area contributed by atoms with E-state index in [0.29, 0.717) is 12.3 Å². The van der Waals surface area contributed by atoms with Crippen molar-refractivity contribution in [1.29, 1.82) is 0 Å². The van der Waals surface area contributed by atoms with Gasteiger partial charge in [-0.1, -0.05) is 76.2 Å². The molecule has 0 spiro atoms. The standard InChI is InChI=1S/2C11H24N2.C11H23N.C10H20N2.C7H15NO/c1-10(2)6-9-13(3)11-4-7-12-8-5-11;1-10(2)3-6-13-9-11-4-7-12-8-5-11;1-10(2)4-7-12-8-5-11(3)6-9-12;1-8(2)3-4-12-7-9-5-10(12)6-11-9;1-6(2)4-5-7(9)8-3/h10-12H,4-9H2,1-3H3;10-13H,3-9H2,1-2H3;10-11H,4-9H2,1-3H3;8-11H,3-7H2,1-2H3;6H,4-5H2,1-3H3,(H,8,9)/t;;;9-,10-;/m...0./s1. The van der Waals surface area contributed by atoms with Gasteiger partial charge in [-0.15, -0.1) is 0 Å². The van der Waals surface area contributed by atoms with Crippen molar-refractivity contribution in [2.45, 2.75) is 178 Å². The first-order valence-corrected chi connectivity index (χ1v) is 25.3. The molecule has 0 radical (unpaired) electrons. The van der Waals surface area contributed by atoms with Crippen LogP contribution in [-0.4, -0.2) is 138 Å². The Balaban J connectivity index is 0.000000371. The predicted octanol–water partition coefficient (Wildman–Crippen LogP) is 8.35. The zero-order chi connectivity index (χ0) is 44.0. The van der Waals surface area contributed by atoms with Gasteiger partial charge in [0.2, 0.25) is 5.91 Å². The summed E-state index contributed by atoms with van der Waals surface area (Å²) in [6, 6.07) is 2.52. The van der Waals surface area contributed by atoms with Crippen LogP contribution in [0.1, 0.15) is 160 Å². The quantitative estimate of drug-likeness (QED) is 0.0883.